The number of nitrogens with one attached hydrogen (secondary N) is 2. The topological polar surface area (TPSA) is 168 Å². The van der Waals surface area contributed by atoms with Crippen molar-refractivity contribution in [1.82, 2.24) is 5.32 Å². The number of aromatic hydroxyl groups is 2. The zero-order valence-electron chi connectivity index (χ0n) is 31.9. The van der Waals surface area contributed by atoms with E-state index in [1.54, 1.807) is 25.3 Å². The molecule has 2 fully saturated rings. The van der Waals surface area contributed by atoms with E-state index >= 15 is 0 Å². The lowest BCUT2D eigenvalue weighted by Crippen LogP contribution is -2.43. The first-order chi connectivity index (χ1) is 25.0. The number of carbonyl (C=O) groups is 1. The SMILES string of the molecule is CCCCC[C@H](C=CC(=O)CCc1ccc(O)c(OC)c1)C1(c2cc(NC(N)=NC)c(O)c(O[C@@]3(CNC)CC[C@H](C[C@H](O)OC)C3)c2)CCCC1. The molecule has 11 heteroatoms. The van der Waals surface area contributed by atoms with Crippen molar-refractivity contribution in [2.75, 3.05) is 40.2 Å². The molecule has 0 spiro atoms. The van der Waals surface area contributed by atoms with Gasteiger partial charge >= 0.3 is 0 Å². The van der Waals surface area contributed by atoms with Crippen LogP contribution >= 0.6 is 0 Å². The number of nitrogens with two attached hydrogens (primary N) is 1. The Morgan fingerprint density at radius 3 is 2.56 bits per heavy atom. The van der Waals surface area contributed by atoms with Gasteiger partial charge in [0.2, 0.25) is 0 Å². The quantitative estimate of drug-likeness (QED) is 0.0216. The maximum absolute atomic E-state index is 13.4. The Bertz CT molecular complexity index is 1520. The van der Waals surface area contributed by atoms with E-state index in [4.69, 9.17) is 19.9 Å². The highest BCUT2D eigenvalue weighted by atomic mass is 16.6. The molecule has 0 saturated heterocycles. The first-order valence-electron chi connectivity index (χ1n) is 19.0. The zero-order valence-corrected chi connectivity index (χ0v) is 31.9. The van der Waals surface area contributed by atoms with Gasteiger partial charge in [-0.2, -0.15) is 0 Å². The number of rotatable bonds is 20. The van der Waals surface area contributed by atoms with Crippen molar-refractivity contribution in [2.24, 2.45) is 22.6 Å². The van der Waals surface area contributed by atoms with E-state index in [0.717, 1.165) is 75.3 Å². The summed E-state index contributed by atoms with van der Waals surface area (Å²) in [7, 11) is 6.51. The van der Waals surface area contributed by atoms with Crippen molar-refractivity contribution >= 4 is 17.4 Å². The number of methoxy groups -OCH3 is 2. The first kappa shape index (κ1) is 41.0. The van der Waals surface area contributed by atoms with Gasteiger partial charge in [0.1, 0.15) is 5.60 Å². The standard InChI is InChI=1S/C41H62N4O7/c1-6-7-8-11-30(14-16-32(46)15-12-28-13-17-34(47)35(22-28)50-4)41(19-9-10-20-41)31-24-33(45-39(42)44-3)38(49)36(25-31)52-40(27-43-2)21-18-29(26-40)23-37(48)51-5/h13-14,16-17,22,24-25,29-30,37,43,47-49H,6-12,15,18-21,23,26-27H2,1-5H3,(H3,42,44,45)/t29-,30-,37-,40+/m1/s1. The highest BCUT2D eigenvalue weighted by molar-refractivity contribution is 5.94. The highest BCUT2D eigenvalue weighted by Crippen LogP contribution is 2.53. The van der Waals surface area contributed by atoms with Crippen molar-refractivity contribution in [3.05, 3.63) is 53.6 Å². The van der Waals surface area contributed by atoms with Crippen molar-refractivity contribution in [2.45, 2.75) is 114 Å². The number of phenolic OH excluding ortho intramolecular Hbond substituents is 2. The van der Waals surface area contributed by atoms with Crippen LogP contribution in [0.5, 0.6) is 23.0 Å². The molecule has 7 N–H and O–H groups in total. The van der Waals surface area contributed by atoms with Crippen LogP contribution in [0, 0.1) is 11.8 Å². The Labute approximate surface area is 310 Å². The fourth-order valence-corrected chi connectivity index (χ4v) is 8.39. The summed E-state index contributed by atoms with van der Waals surface area (Å²) in [5.41, 5.74) is 7.69. The van der Waals surface area contributed by atoms with Crippen LogP contribution in [0.3, 0.4) is 0 Å². The molecule has 4 atom stereocenters. The maximum Gasteiger partial charge on any atom is 0.192 e. The third kappa shape index (κ3) is 10.4. The number of aryl methyl sites for hydroxylation is 1. The minimum atomic E-state index is -0.831. The van der Waals surface area contributed by atoms with Gasteiger partial charge in [0.25, 0.3) is 0 Å². The van der Waals surface area contributed by atoms with E-state index in [1.165, 1.54) is 14.2 Å². The van der Waals surface area contributed by atoms with Crippen LogP contribution < -0.4 is 25.8 Å². The van der Waals surface area contributed by atoms with Crippen LogP contribution in [0.4, 0.5) is 5.69 Å². The fourth-order valence-electron chi connectivity index (χ4n) is 8.39. The lowest BCUT2D eigenvalue weighted by atomic mass is 9.66. The highest BCUT2D eigenvalue weighted by Gasteiger charge is 2.45. The molecule has 288 valence electrons. The van der Waals surface area contributed by atoms with Gasteiger partial charge in [0.05, 0.1) is 12.8 Å². The van der Waals surface area contributed by atoms with Crippen molar-refractivity contribution in [1.29, 1.82) is 0 Å². The molecule has 0 unspecified atom stereocenters. The molecule has 2 aromatic carbocycles. The summed E-state index contributed by atoms with van der Waals surface area (Å²) in [4.78, 5) is 17.4. The van der Waals surface area contributed by atoms with E-state index < -0.39 is 11.9 Å². The number of ketones is 1. The Kier molecular flexibility index (Phi) is 15.2. The Morgan fingerprint density at radius 2 is 1.88 bits per heavy atom. The summed E-state index contributed by atoms with van der Waals surface area (Å²) in [6.45, 7) is 2.77. The molecule has 0 radical (unpaired) electrons. The lowest BCUT2D eigenvalue weighted by Gasteiger charge is -2.38. The average molecular weight is 723 g/mol. The van der Waals surface area contributed by atoms with Gasteiger partial charge in [-0.1, -0.05) is 51.2 Å². The van der Waals surface area contributed by atoms with Crippen molar-refractivity contribution < 1.29 is 34.3 Å². The monoisotopic (exact) mass is 722 g/mol. The molecule has 11 nitrogen and oxygen atoms in total. The number of aliphatic imine (C=N–C) groups is 1. The summed E-state index contributed by atoms with van der Waals surface area (Å²) >= 11 is 0. The second kappa shape index (κ2) is 19.3. The number of nitrogens with zero attached hydrogens (tertiary/aromatic N) is 1. The number of ether oxygens (including phenoxy) is 3. The first-order valence-corrected chi connectivity index (χ1v) is 19.0. The van der Waals surface area contributed by atoms with Gasteiger partial charge in [0.15, 0.2) is 41.0 Å². The normalized spacial score (nSPS) is 21.3. The summed E-state index contributed by atoms with van der Waals surface area (Å²) in [5.74, 6) is 1.34. The molecule has 2 aliphatic rings. The zero-order chi connectivity index (χ0) is 37.7. The summed E-state index contributed by atoms with van der Waals surface area (Å²) in [6.07, 6.45) is 14.9. The van der Waals surface area contributed by atoms with Crippen LogP contribution in [0.1, 0.15) is 102 Å². The average Bonchev–Trinajstić information content (AvgIpc) is 3.79. The molecule has 0 aliphatic heterocycles. The third-order valence-electron chi connectivity index (χ3n) is 11.2. The molecule has 52 heavy (non-hydrogen) atoms. The number of benzene rings is 2. The van der Waals surface area contributed by atoms with Crippen LogP contribution in [0.15, 0.2) is 47.5 Å². The molecule has 0 bridgehead atoms. The van der Waals surface area contributed by atoms with Crippen LogP contribution in [-0.2, 0) is 21.4 Å². The maximum atomic E-state index is 13.4. The number of aliphatic hydroxyl groups excluding tert-OH is 1. The van der Waals surface area contributed by atoms with E-state index in [0.29, 0.717) is 49.4 Å². The minimum Gasteiger partial charge on any atom is -0.504 e. The van der Waals surface area contributed by atoms with E-state index in [-0.39, 0.29) is 40.5 Å². The number of carbonyl (C=O) groups excluding carboxylic acids is 1. The van der Waals surface area contributed by atoms with E-state index in [1.807, 2.05) is 25.2 Å². The van der Waals surface area contributed by atoms with Gasteiger partial charge in [-0.15, -0.1) is 0 Å². The van der Waals surface area contributed by atoms with Gasteiger partial charge in [-0.3, -0.25) is 9.79 Å². The smallest absolute Gasteiger partial charge is 0.192 e. The molecular weight excluding hydrogens is 660 g/mol. The van der Waals surface area contributed by atoms with Crippen LogP contribution in [0.2, 0.25) is 0 Å². The summed E-state index contributed by atoms with van der Waals surface area (Å²) in [6, 6.07) is 9.19. The molecule has 0 heterocycles. The number of allylic oxidation sites excluding steroid dienone is 2. The summed E-state index contributed by atoms with van der Waals surface area (Å²) in [5, 5.41) is 38.3. The van der Waals surface area contributed by atoms with Crippen LogP contribution in [-0.4, -0.2) is 73.8 Å². The Hall–Kier alpha value is -3.80. The molecule has 2 saturated carbocycles. The second-order valence-corrected chi connectivity index (χ2v) is 14.8. The van der Waals surface area contributed by atoms with E-state index in [9.17, 15) is 20.1 Å². The van der Waals surface area contributed by atoms with Gasteiger partial charge in [-0.05, 0) is 105 Å². The van der Waals surface area contributed by atoms with Gasteiger partial charge in [-0.25, -0.2) is 0 Å². The predicted molar refractivity (Wildman–Crippen MR) is 206 cm³/mol. The molecular formula is C41H62N4O7. The molecule has 2 aromatic rings. The van der Waals surface area contributed by atoms with Gasteiger partial charge < -0.3 is 45.9 Å². The number of anilines is 1. The number of phenols is 2. The second-order valence-electron chi connectivity index (χ2n) is 14.8. The predicted octanol–water partition coefficient (Wildman–Crippen LogP) is 6.72. The molecule has 0 amide bonds. The number of likely N-dealkylation sites (N-methyl/N-ethyl adjacent to an activating group) is 1. The minimum absolute atomic E-state index is 0.0292. The van der Waals surface area contributed by atoms with Crippen molar-refractivity contribution in [3.63, 3.8) is 0 Å². The number of hydrogen-bond donors (Lipinski definition) is 6. The van der Waals surface area contributed by atoms with Crippen molar-refractivity contribution in [3.8, 4) is 23.0 Å². The Morgan fingerprint density at radius 1 is 1.12 bits per heavy atom. The number of unbranched alkanes of at least 4 members (excludes halogenated alkanes) is 2. The van der Waals surface area contributed by atoms with Gasteiger partial charge in [0, 0.05) is 39.0 Å². The number of aliphatic hydroxyl groups is 1. The summed E-state index contributed by atoms with van der Waals surface area (Å²) < 4.78 is 17.3. The number of hydrogen-bond acceptors (Lipinski definition) is 9. The van der Waals surface area contributed by atoms with E-state index in [2.05, 4.69) is 28.6 Å². The van der Waals surface area contributed by atoms with Crippen LogP contribution in [0.25, 0.3) is 0 Å². The third-order valence-corrected chi connectivity index (χ3v) is 11.2. The lowest BCUT2D eigenvalue weighted by molar-refractivity contribution is -0.114. The Balaban J connectivity index is 1.70. The molecule has 4 rings (SSSR count). The fraction of sp³-hybridized carbons (Fsp3) is 0.610. The molecule has 0 aromatic heterocycles. The largest absolute Gasteiger partial charge is 0.504 e. The molecule has 2 aliphatic carbocycles. The number of guanidine groups is 1.